The molecule has 0 radical (unpaired) electrons. The van der Waals surface area contributed by atoms with Crippen LogP contribution >= 0.6 is 0 Å². The largest absolute Gasteiger partial charge is 0.398 e. The van der Waals surface area contributed by atoms with Crippen molar-refractivity contribution in [2.24, 2.45) is 0 Å². The molecule has 1 aromatic heterocycles. The van der Waals surface area contributed by atoms with Gasteiger partial charge in [-0.15, -0.1) is 0 Å². The van der Waals surface area contributed by atoms with Gasteiger partial charge in [0.2, 0.25) is 0 Å². The minimum Gasteiger partial charge on any atom is -0.398 e. The Bertz CT molecular complexity index is 461. The number of pyridine rings is 1. The Balaban J connectivity index is 2.94. The molecule has 0 saturated heterocycles. The van der Waals surface area contributed by atoms with E-state index in [0.29, 0.717) is 0 Å². The standard InChI is InChI=1S/C11H12N2/c1-7-6-10-9(8(2)13-7)4-3-5-11(10)12/h3-6H,12H2,1-2H3. The van der Waals surface area contributed by atoms with Gasteiger partial charge in [-0.2, -0.15) is 0 Å². The summed E-state index contributed by atoms with van der Waals surface area (Å²) in [5.74, 6) is 0. The van der Waals surface area contributed by atoms with Crippen LogP contribution in [0.1, 0.15) is 11.4 Å². The van der Waals surface area contributed by atoms with E-state index in [-0.39, 0.29) is 0 Å². The van der Waals surface area contributed by atoms with Crippen molar-refractivity contribution in [3.63, 3.8) is 0 Å². The third kappa shape index (κ3) is 1.24. The Kier molecular flexibility index (Phi) is 1.69. The zero-order valence-corrected chi connectivity index (χ0v) is 7.83. The lowest BCUT2D eigenvalue weighted by Crippen LogP contribution is -1.92. The van der Waals surface area contributed by atoms with E-state index >= 15 is 0 Å². The summed E-state index contributed by atoms with van der Waals surface area (Å²) in [6.07, 6.45) is 0. The highest BCUT2D eigenvalue weighted by atomic mass is 14.7. The van der Waals surface area contributed by atoms with Crippen LogP contribution < -0.4 is 5.73 Å². The summed E-state index contributed by atoms with van der Waals surface area (Å²) in [5, 5.41) is 2.25. The van der Waals surface area contributed by atoms with Crippen LogP contribution in [0.25, 0.3) is 10.8 Å². The highest BCUT2D eigenvalue weighted by Crippen LogP contribution is 2.23. The van der Waals surface area contributed by atoms with Crippen molar-refractivity contribution < 1.29 is 0 Å². The number of hydrogen-bond acceptors (Lipinski definition) is 2. The molecule has 2 aromatic rings. The molecular weight excluding hydrogens is 160 g/mol. The summed E-state index contributed by atoms with van der Waals surface area (Å²) in [6.45, 7) is 3.99. The van der Waals surface area contributed by atoms with Gasteiger partial charge >= 0.3 is 0 Å². The van der Waals surface area contributed by atoms with E-state index in [4.69, 9.17) is 5.73 Å². The Labute approximate surface area is 77.4 Å². The number of fused-ring (bicyclic) bond motifs is 1. The first-order valence-corrected chi connectivity index (χ1v) is 4.31. The third-order valence-corrected chi connectivity index (χ3v) is 2.23. The molecule has 2 rings (SSSR count). The summed E-state index contributed by atoms with van der Waals surface area (Å²) in [5.41, 5.74) is 8.75. The Morgan fingerprint density at radius 1 is 1.15 bits per heavy atom. The predicted molar refractivity (Wildman–Crippen MR) is 55.6 cm³/mol. The summed E-state index contributed by atoms with van der Waals surface area (Å²) in [7, 11) is 0. The van der Waals surface area contributed by atoms with E-state index in [9.17, 15) is 0 Å². The van der Waals surface area contributed by atoms with Gasteiger partial charge in [0.05, 0.1) is 0 Å². The van der Waals surface area contributed by atoms with Crippen molar-refractivity contribution in [3.05, 3.63) is 35.7 Å². The van der Waals surface area contributed by atoms with E-state index in [1.165, 1.54) is 0 Å². The minimum atomic E-state index is 0.825. The van der Waals surface area contributed by atoms with Gasteiger partial charge in [-0.1, -0.05) is 12.1 Å². The van der Waals surface area contributed by atoms with Crippen molar-refractivity contribution in [3.8, 4) is 0 Å². The molecule has 0 amide bonds. The Morgan fingerprint density at radius 2 is 1.92 bits per heavy atom. The molecule has 2 nitrogen and oxygen atoms in total. The second kappa shape index (κ2) is 2.73. The van der Waals surface area contributed by atoms with E-state index in [2.05, 4.69) is 4.98 Å². The fourth-order valence-corrected chi connectivity index (χ4v) is 1.63. The SMILES string of the molecule is Cc1cc2c(N)cccc2c(C)n1. The van der Waals surface area contributed by atoms with Crippen LogP contribution in [-0.4, -0.2) is 4.98 Å². The monoisotopic (exact) mass is 172 g/mol. The van der Waals surface area contributed by atoms with Crippen LogP contribution in [0.15, 0.2) is 24.3 Å². The fraction of sp³-hybridized carbons (Fsp3) is 0.182. The van der Waals surface area contributed by atoms with E-state index in [1.54, 1.807) is 0 Å². The lowest BCUT2D eigenvalue weighted by Gasteiger charge is -2.05. The number of rotatable bonds is 0. The van der Waals surface area contributed by atoms with Crippen molar-refractivity contribution in [1.82, 2.24) is 4.98 Å². The molecule has 0 aliphatic rings. The zero-order valence-electron chi connectivity index (χ0n) is 7.83. The molecule has 1 heterocycles. The Morgan fingerprint density at radius 3 is 2.69 bits per heavy atom. The topological polar surface area (TPSA) is 38.9 Å². The molecule has 2 N–H and O–H groups in total. The second-order valence-corrected chi connectivity index (χ2v) is 3.29. The Hall–Kier alpha value is -1.57. The smallest absolute Gasteiger partial charge is 0.0454 e. The number of hydrogen-bond donors (Lipinski definition) is 1. The first kappa shape index (κ1) is 8.05. The van der Waals surface area contributed by atoms with Crippen molar-refractivity contribution >= 4 is 16.5 Å². The quantitative estimate of drug-likeness (QED) is 0.620. The van der Waals surface area contributed by atoms with Gasteiger partial charge in [0.1, 0.15) is 0 Å². The first-order chi connectivity index (χ1) is 6.18. The molecule has 13 heavy (non-hydrogen) atoms. The van der Waals surface area contributed by atoms with Crippen molar-refractivity contribution in [2.75, 3.05) is 5.73 Å². The average Bonchev–Trinajstić information content (AvgIpc) is 2.07. The third-order valence-electron chi connectivity index (χ3n) is 2.23. The number of anilines is 1. The van der Waals surface area contributed by atoms with Crippen LogP contribution in [0.3, 0.4) is 0 Å². The second-order valence-electron chi connectivity index (χ2n) is 3.29. The summed E-state index contributed by atoms with van der Waals surface area (Å²) in [4.78, 5) is 4.39. The van der Waals surface area contributed by atoms with Gasteiger partial charge in [0, 0.05) is 27.8 Å². The summed E-state index contributed by atoms with van der Waals surface area (Å²) in [6, 6.07) is 7.95. The molecule has 0 unspecified atom stereocenters. The molecule has 0 aliphatic carbocycles. The van der Waals surface area contributed by atoms with Gasteiger partial charge in [0.15, 0.2) is 0 Å². The number of aryl methyl sites for hydroxylation is 2. The first-order valence-electron chi connectivity index (χ1n) is 4.31. The van der Waals surface area contributed by atoms with Crippen LogP contribution in [0.4, 0.5) is 5.69 Å². The van der Waals surface area contributed by atoms with Crippen LogP contribution in [0.2, 0.25) is 0 Å². The van der Waals surface area contributed by atoms with Gasteiger partial charge in [0.25, 0.3) is 0 Å². The molecule has 1 aromatic carbocycles. The molecular formula is C11H12N2. The highest BCUT2D eigenvalue weighted by Gasteiger charge is 2.01. The molecule has 0 saturated carbocycles. The highest BCUT2D eigenvalue weighted by molar-refractivity contribution is 5.94. The number of aromatic nitrogens is 1. The van der Waals surface area contributed by atoms with E-state index < -0.39 is 0 Å². The van der Waals surface area contributed by atoms with Gasteiger partial charge < -0.3 is 5.73 Å². The molecule has 0 atom stereocenters. The molecule has 0 bridgehead atoms. The van der Waals surface area contributed by atoms with E-state index in [0.717, 1.165) is 27.8 Å². The number of nitrogens with two attached hydrogens (primary N) is 1. The molecule has 0 aliphatic heterocycles. The molecule has 0 fully saturated rings. The van der Waals surface area contributed by atoms with Gasteiger partial charge in [-0.05, 0) is 26.0 Å². The van der Waals surface area contributed by atoms with Gasteiger partial charge in [-0.3, -0.25) is 4.98 Å². The number of benzene rings is 1. The van der Waals surface area contributed by atoms with E-state index in [1.807, 2.05) is 38.1 Å². The van der Waals surface area contributed by atoms with Crippen LogP contribution in [0.5, 0.6) is 0 Å². The number of nitrogen functional groups attached to an aromatic ring is 1. The average molecular weight is 172 g/mol. The molecule has 2 heteroatoms. The van der Waals surface area contributed by atoms with Crippen LogP contribution in [0, 0.1) is 13.8 Å². The maximum absolute atomic E-state index is 5.87. The molecule has 66 valence electrons. The van der Waals surface area contributed by atoms with Gasteiger partial charge in [-0.25, -0.2) is 0 Å². The summed E-state index contributed by atoms with van der Waals surface area (Å²) < 4.78 is 0. The predicted octanol–water partition coefficient (Wildman–Crippen LogP) is 2.43. The van der Waals surface area contributed by atoms with Crippen molar-refractivity contribution in [1.29, 1.82) is 0 Å². The summed E-state index contributed by atoms with van der Waals surface area (Å²) >= 11 is 0. The number of nitrogens with zero attached hydrogens (tertiary/aromatic N) is 1. The maximum Gasteiger partial charge on any atom is 0.0454 e. The lowest BCUT2D eigenvalue weighted by molar-refractivity contribution is 1.15. The van der Waals surface area contributed by atoms with Crippen LogP contribution in [-0.2, 0) is 0 Å². The fourth-order valence-electron chi connectivity index (χ4n) is 1.63. The van der Waals surface area contributed by atoms with Crippen molar-refractivity contribution in [2.45, 2.75) is 13.8 Å². The minimum absolute atomic E-state index is 0.825. The normalized spacial score (nSPS) is 10.6. The maximum atomic E-state index is 5.87. The zero-order chi connectivity index (χ0) is 9.42. The molecule has 0 spiro atoms. The lowest BCUT2D eigenvalue weighted by atomic mass is 10.1.